The zero-order chi connectivity index (χ0) is 16.3. The summed E-state index contributed by atoms with van der Waals surface area (Å²) in [6, 6.07) is 8.80. The van der Waals surface area contributed by atoms with Crippen LogP contribution in [0.15, 0.2) is 47.1 Å². The van der Waals surface area contributed by atoms with Gasteiger partial charge < -0.3 is 9.15 Å². The van der Waals surface area contributed by atoms with Gasteiger partial charge in [0.1, 0.15) is 11.3 Å². The molecule has 0 aliphatic carbocycles. The minimum Gasteiger partial charge on any atom is -0.493 e. The summed E-state index contributed by atoms with van der Waals surface area (Å²) in [5, 5.41) is 0. The first-order valence-electron chi connectivity index (χ1n) is 6.90. The molecule has 2 heterocycles. The molecule has 0 radical (unpaired) electrons. The molecule has 23 heavy (non-hydrogen) atoms. The summed E-state index contributed by atoms with van der Waals surface area (Å²) in [6.45, 7) is 0.177. The van der Waals surface area contributed by atoms with Crippen molar-refractivity contribution in [1.82, 2.24) is 9.97 Å². The quantitative estimate of drug-likeness (QED) is 0.546. The van der Waals surface area contributed by atoms with E-state index in [1.807, 2.05) is 0 Å². The lowest BCUT2D eigenvalue weighted by molar-refractivity contribution is 0.316. The number of ether oxygens (including phenoxy) is 1. The molecule has 0 saturated heterocycles. The van der Waals surface area contributed by atoms with E-state index in [4.69, 9.17) is 13.7 Å². The molecule has 0 atom stereocenters. The molecule has 3 rings (SSSR count). The lowest BCUT2D eigenvalue weighted by atomic mass is 10.3. The van der Waals surface area contributed by atoms with Gasteiger partial charge in [0, 0.05) is 24.0 Å². The summed E-state index contributed by atoms with van der Waals surface area (Å²) in [6.07, 6.45) is 3.53. The summed E-state index contributed by atoms with van der Waals surface area (Å²) in [5.74, 6) is 0.709. The van der Waals surface area contributed by atoms with E-state index in [9.17, 15) is 8.42 Å². The van der Waals surface area contributed by atoms with Crippen molar-refractivity contribution in [3.8, 4) is 17.2 Å². The van der Waals surface area contributed by atoms with E-state index in [1.165, 1.54) is 0 Å². The van der Waals surface area contributed by atoms with E-state index in [0.717, 1.165) is 5.56 Å². The number of nitrogens with zero attached hydrogens (tertiary/aromatic N) is 2. The van der Waals surface area contributed by atoms with Crippen molar-refractivity contribution in [3.05, 3.63) is 42.7 Å². The Kier molecular flexibility index (Phi) is 4.26. The number of oxazole rings is 1. The minimum absolute atomic E-state index is 0.177. The first-order valence-corrected chi connectivity index (χ1v) is 8.51. The number of hydrogen-bond donors (Lipinski definition) is 1. The standard InChI is InChI=1S/C15H14N2O5S/c18-23(19,20)9-1-8-21-12-2-3-13-14(10-12)22-15(17-13)11-4-6-16-7-5-11/h2-7,10H,1,8-9H2,(H,18,19,20). The molecule has 1 N–H and O–H groups in total. The van der Waals surface area contributed by atoms with Crippen LogP contribution in [0.5, 0.6) is 5.75 Å². The van der Waals surface area contributed by atoms with E-state index in [1.54, 1.807) is 42.7 Å². The summed E-state index contributed by atoms with van der Waals surface area (Å²) in [5.41, 5.74) is 2.10. The van der Waals surface area contributed by atoms with Crippen molar-refractivity contribution in [2.75, 3.05) is 12.4 Å². The van der Waals surface area contributed by atoms with Gasteiger partial charge in [0.25, 0.3) is 10.1 Å². The molecule has 3 aromatic rings. The Morgan fingerprint density at radius 3 is 2.70 bits per heavy atom. The van der Waals surface area contributed by atoms with Crippen LogP contribution in [0.25, 0.3) is 22.6 Å². The third-order valence-corrected chi connectivity index (χ3v) is 3.91. The molecule has 0 fully saturated rings. The molecule has 8 heteroatoms. The van der Waals surface area contributed by atoms with Crippen molar-refractivity contribution < 1.29 is 22.1 Å². The van der Waals surface area contributed by atoms with Crippen LogP contribution in [-0.4, -0.2) is 35.3 Å². The SMILES string of the molecule is O=S(=O)(O)CCCOc1ccc2nc(-c3ccncc3)oc2c1. The second-order valence-electron chi connectivity index (χ2n) is 4.87. The molecule has 0 unspecified atom stereocenters. The third kappa shape index (κ3) is 4.05. The highest BCUT2D eigenvalue weighted by molar-refractivity contribution is 7.85. The number of rotatable bonds is 6. The van der Waals surface area contributed by atoms with Gasteiger partial charge in [-0.2, -0.15) is 8.42 Å². The Morgan fingerprint density at radius 2 is 1.96 bits per heavy atom. The van der Waals surface area contributed by atoms with Crippen molar-refractivity contribution in [1.29, 1.82) is 0 Å². The second-order valence-corrected chi connectivity index (χ2v) is 6.44. The molecule has 0 aliphatic heterocycles. The molecule has 1 aromatic carbocycles. The maximum atomic E-state index is 10.6. The predicted octanol–water partition coefficient (Wildman–Crippen LogP) is 2.55. The Hall–Kier alpha value is -2.45. The monoisotopic (exact) mass is 334 g/mol. The van der Waals surface area contributed by atoms with Gasteiger partial charge in [-0.05, 0) is 30.7 Å². The molecule has 0 saturated carbocycles. The van der Waals surface area contributed by atoms with E-state index in [2.05, 4.69) is 9.97 Å². The fourth-order valence-electron chi connectivity index (χ4n) is 2.04. The van der Waals surface area contributed by atoms with Crippen molar-refractivity contribution in [3.63, 3.8) is 0 Å². The van der Waals surface area contributed by atoms with Gasteiger partial charge >= 0.3 is 0 Å². The molecule has 0 spiro atoms. The average Bonchev–Trinajstić information content (AvgIpc) is 2.95. The fourth-order valence-corrected chi connectivity index (χ4v) is 2.53. The van der Waals surface area contributed by atoms with Crippen molar-refractivity contribution in [2.24, 2.45) is 0 Å². The van der Waals surface area contributed by atoms with Gasteiger partial charge in [0.15, 0.2) is 5.58 Å². The highest BCUT2D eigenvalue weighted by Gasteiger charge is 2.09. The molecule has 7 nitrogen and oxygen atoms in total. The molecular weight excluding hydrogens is 320 g/mol. The summed E-state index contributed by atoms with van der Waals surface area (Å²) >= 11 is 0. The van der Waals surface area contributed by atoms with Crippen LogP contribution in [0.3, 0.4) is 0 Å². The smallest absolute Gasteiger partial charge is 0.264 e. The van der Waals surface area contributed by atoms with Crippen LogP contribution in [0.1, 0.15) is 6.42 Å². The van der Waals surface area contributed by atoms with Crippen molar-refractivity contribution >= 4 is 21.2 Å². The zero-order valence-electron chi connectivity index (χ0n) is 12.0. The Morgan fingerprint density at radius 1 is 1.17 bits per heavy atom. The van der Waals surface area contributed by atoms with Gasteiger partial charge in [-0.3, -0.25) is 9.54 Å². The van der Waals surface area contributed by atoms with Gasteiger partial charge in [-0.1, -0.05) is 0 Å². The average molecular weight is 334 g/mol. The molecule has 0 aliphatic rings. The summed E-state index contributed by atoms with van der Waals surface area (Å²) in [4.78, 5) is 8.34. The van der Waals surface area contributed by atoms with Crippen LogP contribution >= 0.6 is 0 Å². The Balaban J connectivity index is 1.72. The fraction of sp³-hybridized carbons (Fsp3) is 0.200. The van der Waals surface area contributed by atoms with Crippen LogP contribution in [-0.2, 0) is 10.1 Å². The third-order valence-electron chi connectivity index (χ3n) is 3.10. The van der Waals surface area contributed by atoms with E-state index >= 15 is 0 Å². The van der Waals surface area contributed by atoms with E-state index in [0.29, 0.717) is 22.7 Å². The number of benzene rings is 1. The van der Waals surface area contributed by atoms with Crippen molar-refractivity contribution in [2.45, 2.75) is 6.42 Å². The maximum Gasteiger partial charge on any atom is 0.264 e. The largest absolute Gasteiger partial charge is 0.493 e. The predicted molar refractivity (Wildman–Crippen MR) is 83.8 cm³/mol. The van der Waals surface area contributed by atoms with Gasteiger partial charge in [0.2, 0.25) is 5.89 Å². The molecular formula is C15H14N2O5S. The van der Waals surface area contributed by atoms with Crippen LogP contribution < -0.4 is 4.74 Å². The number of fused-ring (bicyclic) bond motifs is 1. The number of hydrogen-bond acceptors (Lipinski definition) is 6. The van der Waals surface area contributed by atoms with Gasteiger partial charge in [0.05, 0.1) is 12.4 Å². The van der Waals surface area contributed by atoms with E-state index in [-0.39, 0.29) is 18.8 Å². The molecule has 120 valence electrons. The van der Waals surface area contributed by atoms with Crippen LogP contribution in [0.4, 0.5) is 0 Å². The van der Waals surface area contributed by atoms with E-state index < -0.39 is 10.1 Å². The lowest BCUT2D eigenvalue weighted by Crippen LogP contribution is -2.08. The normalized spacial score (nSPS) is 11.7. The number of aromatic nitrogens is 2. The number of pyridine rings is 1. The topological polar surface area (TPSA) is 103 Å². The molecule has 2 aromatic heterocycles. The zero-order valence-corrected chi connectivity index (χ0v) is 12.9. The minimum atomic E-state index is -3.95. The summed E-state index contributed by atoms with van der Waals surface area (Å²) < 4.78 is 41.1. The highest BCUT2D eigenvalue weighted by atomic mass is 32.2. The lowest BCUT2D eigenvalue weighted by Gasteiger charge is -2.04. The Labute approximate surface area is 132 Å². The molecule has 0 amide bonds. The Bertz CT molecular complexity index is 906. The first kappa shape index (κ1) is 15.4. The first-order chi connectivity index (χ1) is 11.0. The van der Waals surface area contributed by atoms with Crippen LogP contribution in [0.2, 0.25) is 0 Å². The highest BCUT2D eigenvalue weighted by Crippen LogP contribution is 2.26. The summed E-state index contributed by atoms with van der Waals surface area (Å²) in [7, 11) is -3.95. The maximum absolute atomic E-state index is 10.6. The van der Waals surface area contributed by atoms with Crippen LogP contribution in [0, 0.1) is 0 Å². The van der Waals surface area contributed by atoms with Gasteiger partial charge in [-0.25, -0.2) is 4.98 Å². The second kappa shape index (κ2) is 6.35. The molecule has 0 bridgehead atoms. The van der Waals surface area contributed by atoms with Gasteiger partial charge in [-0.15, -0.1) is 0 Å².